The van der Waals surface area contributed by atoms with Crippen LogP contribution in [0.1, 0.15) is 65.2 Å². The van der Waals surface area contributed by atoms with E-state index in [0.717, 1.165) is 37.7 Å². The van der Waals surface area contributed by atoms with Crippen LogP contribution in [-0.2, 0) is 0 Å². The van der Waals surface area contributed by atoms with Crippen molar-refractivity contribution in [3.05, 3.63) is 23.3 Å². The van der Waals surface area contributed by atoms with Gasteiger partial charge in [-0.05, 0) is 73.5 Å². The van der Waals surface area contributed by atoms with Gasteiger partial charge in [-0.1, -0.05) is 31.1 Å². The molecule has 0 aromatic heterocycles. The third-order valence-corrected chi connectivity index (χ3v) is 8.78. The fourth-order valence-corrected chi connectivity index (χ4v) is 7.05. The molecule has 4 aliphatic carbocycles. The summed E-state index contributed by atoms with van der Waals surface area (Å²) >= 11 is 0. The molecule has 0 amide bonds. The number of fused-ring (bicyclic) bond motifs is 5. The fourth-order valence-electron chi connectivity index (χ4n) is 7.05. The van der Waals surface area contributed by atoms with E-state index in [2.05, 4.69) is 19.9 Å². The minimum absolute atomic E-state index is 0.0694. The van der Waals surface area contributed by atoms with Gasteiger partial charge in [-0.2, -0.15) is 18.4 Å². The Morgan fingerprint density at radius 1 is 1.15 bits per heavy atom. The van der Waals surface area contributed by atoms with Gasteiger partial charge in [-0.25, -0.2) is 0 Å². The molecule has 0 aliphatic heterocycles. The van der Waals surface area contributed by atoms with Gasteiger partial charge in [0.25, 0.3) is 0 Å². The fraction of sp³-hybridized carbons (Fsp3) is 0.773. The molecule has 3 saturated carbocycles. The van der Waals surface area contributed by atoms with Crippen LogP contribution >= 0.6 is 0 Å². The monoisotopic (exact) mass is 379 g/mol. The highest BCUT2D eigenvalue weighted by molar-refractivity contribution is 5.32. The first-order valence-electron chi connectivity index (χ1n) is 10.1. The molecule has 0 heterocycles. The lowest BCUT2D eigenvalue weighted by molar-refractivity contribution is -0.271. The molecule has 0 spiro atoms. The van der Waals surface area contributed by atoms with Gasteiger partial charge in [0.05, 0.1) is 6.07 Å². The Hall–Kier alpha value is -1.28. The third kappa shape index (κ3) is 2.55. The Morgan fingerprint density at radius 2 is 1.85 bits per heavy atom. The van der Waals surface area contributed by atoms with Gasteiger partial charge < -0.3 is 5.11 Å². The predicted octanol–water partition coefficient (Wildman–Crippen LogP) is 5.69. The summed E-state index contributed by atoms with van der Waals surface area (Å²) in [6.45, 7) is 4.42. The summed E-state index contributed by atoms with van der Waals surface area (Å²) in [6, 6.07) is 2.21. The highest BCUT2D eigenvalue weighted by atomic mass is 19.4. The maximum Gasteiger partial charge on any atom is 0.417 e. The van der Waals surface area contributed by atoms with Crippen LogP contribution in [-0.4, -0.2) is 16.9 Å². The van der Waals surface area contributed by atoms with Gasteiger partial charge in [0, 0.05) is 12.5 Å². The average molecular weight is 379 g/mol. The van der Waals surface area contributed by atoms with Crippen LogP contribution in [0.15, 0.2) is 23.3 Å². The van der Waals surface area contributed by atoms with Crippen LogP contribution in [0.2, 0.25) is 0 Å². The van der Waals surface area contributed by atoms with Gasteiger partial charge in [0.15, 0.2) is 5.60 Å². The molecule has 0 saturated heterocycles. The van der Waals surface area contributed by atoms with Crippen LogP contribution in [0.3, 0.4) is 0 Å². The summed E-state index contributed by atoms with van der Waals surface area (Å²) in [5.74, 6) is 1.36. The number of rotatable bonds is 0. The van der Waals surface area contributed by atoms with Gasteiger partial charge in [0.2, 0.25) is 0 Å². The van der Waals surface area contributed by atoms with Crippen LogP contribution in [0.5, 0.6) is 0 Å². The number of halogens is 3. The SMILES string of the molecule is CC12CCC3C(CC=C4CC(O)(C(F)(F)F)CCC43C)C1CCC2=CC#N. The van der Waals surface area contributed by atoms with Crippen molar-refractivity contribution in [2.24, 2.45) is 28.6 Å². The second-order valence-corrected chi connectivity index (χ2v) is 9.76. The largest absolute Gasteiger partial charge is 0.417 e. The number of nitrogens with zero attached hydrogens (tertiary/aromatic N) is 1. The smallest absolute Gasteiger partial charge is 0.380 e. The van der Waals surface area contributed by atoms with E-state index in [9.17, 15) is 18.3 Å². The molecular formula is C22H28F3NO. The number of alkyl halides is 3. The van der Waals surface area contributed by atoms with Crippen molar-refractivity contribution in [2.45, 2.75) is 77.0 Å². The molecule has 2 nitrogen and oxygen atoms in total. The topological polar surface area (TPSA) is 44.0 Å². The van der Waals surface area contributed by atoms with E-state index in [0.29, 0.717) is 24.2 Å². The minimum atomic E-state index is -4.57. The molecule has 4 aliphatic rings. The van der Waals surface area contributed by atoms with E-state index >= 15 is 0 Å². The molecule has 3 fully saturated rings. The van der Waals surface area contributed by atoms with E-state index in [-0.39, 0.29) is 23.7 Å². The molecule has 0 bridgehead atoms. The van der Waals surface area contributed by atoms with Crippen molar-refractivity contribution < 1.29 is 18.3 Å². The first-order chi connectivity index (χ1) is 12.6. The quantitative estimate of drug-likeness (QED) is 0.434. The Balaban J connectivity index is 1.65. The summed E-state index contributed by atoms with van der Waals surface area (Å²) in [4.78, 5) is 0. The number of allylic oxidation sites excluding steroid dienone is 3. The second kappa shape index (κ2) is 5.86. The lowest BCUT2D eigenvalue weighted by Gasteiger charge is -2.58. The first-order valence-corrected chi connectivity index (χ1v) is 10.1. The van der Waals surface area contributed by atoms with Crippen molar-refractivity contribution >= 4 is 0 Å². The molecule has 0 radical (unpaired) electrons. The number of hydrogen-bond donors (Lipinski definition) is 1. The third-order valence-electron chi connectivity index (χ3n) is 8.78. The Morgan fingerprint density at radius 3 is 2.52 bits per heavy atom. The predicted molar refractivity (Wildman–Crippen MR) is 96.4 cm³/mol. The normalized spacial score (nSPS) is 48.3. The lowest BCUT2D eigenvalue weighted by atomic mass is 9.47. The van der Waals surface area contributed by atoms with E-state index in [4.69, 9.17) is 5.26 Å². The van der Waals surface area contributed by atoms with Crippen molar-refractivity contribution in [1.82, 2.24) is 0 Å². The van der Waals surface area contributed by atoms with Crippen molar-refractivity contribution in [1.29, 1.82) is 5.26 Å². The summed E-state index contributed by atoms with van der Waals surface area (Å²) in [5, 5.41) is 19.4. The van der Waals surface area contributed by atoms with E-state index in [1.807, 2.05) is 6.08 Å². The molecule has 4 rings (SSSR count). The number of nitriles is 1. The molecule has 1 N–H and O–H groups in total. The number of hydrogen-bond acceptors (Lipinski definition) is 2. The van der Waals surface area contributed by atoms with Gasteiger partial charge >= 0.3 is 6.18 Å². The Labute approximate surface area is 159 Å². The molecular weight excluding hydrogens is 351 g/mol. The molecule has 6 unspecified atom stereocenters. The molecule has 6 atom stereocenters. The molecule has 5 heteroatoms. The number of aliphatic hydroxyl groups is 1. The van der Waals surface area contributed by atoms with Gasteiger partial charge in [-0.15, -0.1) is 0 Å². The highest BCUT2D eigenvalue weighted by Gasteiger charge is 2.62. The molecule has 27 heavy (non-hydrogen) atoms. The standard InChI is InChI=1S/C22H28F3NO/c1-19-9-7-18-16(17(19)6-4-14(19)8-12-26)5-3-15-13-21(27,22(23,24)25)11-10-20(15,18)2/h3,8,16-18,27H,4-7,9-11,13H2,1-2H3. The van der Waals surface area contributed by atoms with Crippen molar-refractivity contribution in [3.63, 3.8) is 0 Å². The molecule has 0 aromatic rings. The highest BCUT2D eigenvalue weighted by Crippen LogP contribution is 2.67. The van der Waals surface area contributed by atoms with Crippen molar-refractivity contribution in [3.8, 4) is 6.07 Å². The van der Waals surface area contributed by atoms with E-state index in [1.54, 1.807) is 6.08 Å². The van der Waals surface area contributed by atoms with Gasteiger partial charge in [-0.3, -0.25) is 0 Å². The zero-order valence-electron chi connectivity index (χ0n) is 16.1. The first kappa shape index (κ1) is 19.1. The minimum Gasteiger partial charge on any atom is -0.380 e. The Kier molecular flexibility index (Phi) is 4.14. The van der Waals surface area contributed by atoms with Crippen LogP contribution in [0.25, 0.3) is 0 Å². The lowest BCUT2D eigenvalue weighted by Crippen LogP contribution is -2.55. The molecule has 148 valence electrons. The van der Waals surface area contributed by atoms with Crippen LogP contribution < -0.4 is 0 Å². The molecule has 0 aromatic carbocycles. The Bertz CT molecular complexity index is 748. The summed E-state index contributed by atoms with van der Waals surface area (Å²) in [5.41, 5.74) is -0.638. The zero-order valence-corrected chi connectivity index (χ0v) is 16.1. The van der Waals surface area contributed by atoms with E-state index in [1.165, 1.54) is 5.57 Å². The summed E-state index contributed by atoms with van der Waals surface area (Å²) < 4.78 is 40.1. The van der Waals surface area contributed by atoms with Crippen molar-refractivity contribution in [2.75, 3.05) is 0 Å². The van der Waals surface area contributed by atoms with Crippen LogP contribution in [0, 0.1) is 39.9 Å². The maximum atomic E-state index is 13.4. The van der Waals surface area contributed by atoms with Gasteiger partial charge in [0.1, 0.15) is 0 Å². The average Bonchev–Trinajstić information content (AvgIpc) is 2.92. The second-order valence-electron chi connectivity index (χ2n) is 9.76. The zero-order chi connectivity index (χ0) is 19.7. The van der Waals surface area contributed by atoms with E-state index < -0.39 is 11.8 Å². The summed E-state index contributed by atoms with van der Waals surface area (Å²) in [7, 11) is 0. The van der Waals surface area contributed by atoms with Crippen LogP contribution in [0.4, 0.5) is 13.2 Å². The summed E-state index contributed by atoms with van der Waals surface area (Å²) in [6.07, 6.45) is 3.99. The maximum absolute atomic E-state index is 13.4.